The molecule has 2 aromatic rings. The van der Waals surface area contributed by atoms with Crippen molar-refractivity contribution < 1.29 is 69.6 Å². The van der Waals surface area contributed by atoms with E-state index in [0.29, 0.717) is 0 Å². The molecular formula is C35H44I6N6O14. The lowest BCUT2D eigenvalue weighted by atomic mass is 10.1. The molecule has 0 radical (unpaired) electrons. The van der Waals surface area contributed by atoms with Crippen molar-refractivity contribution in [3.8, 4) is 0 Å². The number of hydrogen-bond donors (Lipinski definition) is 10. The molecule has 0 saturated heterocycles. The van der Waals surface area contributed by atoms with Gasteiger partial charge in [-0.1, -0.05) is 0 Å². The van der Waals surface area contributed by atoms with E-state index in [-0.39, 0.29) is 81.2 Å². The van der Waals surface area contributed by atoms with Gasteiger partial charge in [-0.15, -0.1) is 0 Å². The molecule has 4 unspecified atom stereocenters. The van der Waals surface area contributed by atoms with Crippen LogP contribution in [0.4, 0.5) is 11.4 Å². The van der Waals surface area contributed by atoms with Crippen LogP contribution in [-0.4, -0.2) is 201 Å². The van der Waals surface area contributed by atoms with E-state index in [1.165, 1.54) is 28.2 Å². The van der Waals surface area contributed by atoms with E-state index in [1.807, 2.05) is 0 Å². The highest BCUT2D eigenvalue weighted by Gasteiger charge is 2.34. The summed E-state index contributed by atoms with van der Waals surface area (Å²) in [5.41, 5.74) is -0.285. The zero-order chi connectivity index (χ0) is 46.8. The monoisotopic (exact) mass is 1530 g/mol. The number of benzene rings is 2. The van der Waals surface area contributed by atoms with E-state index in [9.17, 15) is 69.6 Å². The minimum atomic E-state index is -1.29. The zero-order valence-electron chi connectivity index (χ0n) is 32.8. The number of likely N-dealkylation sites (N-methyl/N-ethyl adjacent to an activating group) is 4. The predicted molar refractivity (Wildman–Crippen MR) is 271 cm³/mol. The molecule has 0 heterocycles. The van der Waals surface area contributed by atoms with Crippen molar-refractivity contribution >= 4 is 182 Å². The summed E-state index contributed by atoms with van der Waals surface area (Å²) in [5.74, 6) is -4.60. The molecule has 0 bridgehead atoms. The highest BCUT2D eigenvalue weighted by Crippen LogP contribution is 2.39. The van der Waals surface area contributed by atoms with Gasteiger partial charge in [0, 0.05) is 61.5 Å². The Morgan fingerprint density at radius 2 is 0.623 bits per heavy atom. The Balaban J connectivity index is 2.71. The molecule has 10 N–H and O–H groups in total. The fraction of sp³-hybridized carbons (Fsp3) is 0.486. The lowest BCUT2D eigenvalue weighted by Crippen LogP contribution is -2.39. The van der Waals surface area contributed by atoms with Gasteiger partial charge in [0.15, 0.2) is 0 Å². The molecule has 340 valence electrons. The SMILES string of the molecule is CN(CC(O)CO)C(=O)c1c(I)c(NC(=O)CC(=O)Nc2c(I)c(C(=O)N(C)CC(O)CO)c(I)c(C(=O)N(C)CC(O)CO)c2I)c(I)c(C(=O)N(C)CC(O)CO)c1I. The summed E-state index contributed by atoms with van der Waals surface area (Å²) >= 11 is 10.8. The molecular weight excluding hydrogens is 1490 g/mol. The van der Waals surface area contributed by atoms with Crippen LogP contribution in [0.5, 0.6) is 0 Å². The molecule has 0 aliphatic carbocycles. The number of halogens is 6. The predicted octanol–water partition coefficient (Wildman–Crippen LogP) is -0.0177. The fourth-order valence-electron chi connectivity index (χ4n) is 5.40. The van der Waals surface area contributed by atoms with Crippen molar-refractivity contribution in [1.82, 2.24) is 19.6 Å². The van der Waals surface area contributed by atoms with E-state index >= 15 is 0 Å². The summed E-state index contributed by atoms with van der Waals surface area (Å²) in [7, 11) is 5.43. The maximum absolute atomic E-state index is 13.8. The molecule has 0 aliphatic rings. The van der Waals surface area contributed by atoms with Crippen molar-refractivity contribution in [2.24, 2.45) is 0 Å². The van der Waals surface area contributed by atoms with Gasteiger partial charge in [-0.25, -0.2) is 0 Å². The van der Waals surface area contributed by atoms with Gasteiger partial charge in [0.2, 0.25) is 11.8 Å². The highest BCUT2D eigenvalue weighted by molar-refractivity contribution is 14.1. The number of rotatable bonds is 20. The maximum Gasteiger partial charge on any atom is 0.255 e. The first-order valence-corrected chi connectivity index (χ1v) is 24.1. The Morgan fingerprint density at radius 3 is 0.803 bits per heavy atom. The quantitative estimate of drug-likeness (QED) is 0.0617. The average Bonchev–Trinajstić information content (AvgIpc) is 3.20. The summed E-state index contributed by atoms with van der Waals surface area (Å²) in [6.07, 6.45) is -6.03. The van der Waals surface area contributed by atoms with Gasteiger partial charge >= 0.3 is 0 Å². The Kier molecular flexibility index (Phi) is 23.9. The second-order valence-electron chi connectivity index (χ2n) is 13.5. The van der Waals surface area contributed by atoms with E-state index in [0.717, 1.165) is 19.6 Å². The molecule has 2 rings (SSSR count). The number of nitrogens with zero attached hydrogens (tertiary/aromatic N) is 4. The third-order valence-electron chi connectivity index (χ3n) is 8.51. The Morgan fingerprint density at radius 1 is 0.426 bits per heavy atom. The third-order valence-corrected chi connectivity index (χ3v) is 15.0. The summed E-state index contributed by atoms with van der Waals surface area (Å²) in [6.45, 7) is -3.74. The van der Waals surface area contributed by atoms with Gasteiger partial charge in [-0.3, -0.25) is 28.8 Å². The van der Waals surface area contributed by atoms with E-state index in [1.54, 1.807) is 136 Å². The molecule has 0 spiro atoms. The van der Waals surface area contributed by atoms with E-state index in [2.05, 4.69) is 10.6 Å². The fourth-order valence-corrected chi connectivity index (χ4v) is 14.1. The second kappa shape index (κ2) is 25.9. The number of nitrogens with one attached hydrogen (secondary N) is 2. The van der Waals surface area contributed by atoms with Crippen LogP contribution in [0.1, 0.15) is 47.9 Å². The standard InChI is InChI=1S/C35H44I6N6O14/c1-44(6-14(52)10-48)32(58)20-24(36)21(33(59)45(2)7-15(53)11-49)27(39)30(26(20)38)42-18(56)5-19(57)43-31-28(40)22(34(60)46(3)8-16(54)12-50)25(37)23(29(31)41)35(61)47(4)9-17(55)13-51/h14-17,48-55H,5-13H2,1-4H3,(H,42,56)(H,43,57). The molecule has 0 fully saturated rings. The van der Waals surface area contributed by atoms with Gasteiger partial charge in [0.25, 0.3) is 23.6 Å². The highest BCUT2D eigenvalue weighted by atomic mass is 127. The lowest BCUT2D eigenvalue weighted by Gasteiger charge is -2.26. The van der Waals surface area contributed by atoms with Crippen molar-refractivity contribution in [2.45, 2.75) is 30.8 Å². The van der Waals surface area contributed by atoms with Gasteiger partial charge in [-0.05, 0) is 136 Å². The van der Waals surface area contributed by atoms with Crippen LogP contribution in [0, 0.1) is 21.4 Å². The van der Waals surface area contributed by atoms with Crippen LogP contribution in [0.25, 0.3) is 0 Å². The maximum atomic E-state index is 13.8. The summed E-state index contributed by atoms with van der Waals surface area (Å²) < 4.78 is 0.930. The first kappa shape index (κ1) is 56.4. The number of carbonyl (C=O) groups excluding carboxylic acids is 6. The number of hydrogen-bond acceptors (Lipinski definition) is 14. The smallest absolute Gasteiger partial charge is 0.255 e. The minimum absolute atomic E-state index is 0.0290. The van der Waals surface area contributed by atoms with Gasteiger partial charge in [-0.2, -0.15) is 0 Å². The molecule has 2 aromatic carbocycles. The Hall–Kier alpha value is -0.680. The second-order valence-corrected chi connectivity index (χ2v) is 20.0. The normalized spacial score (nSPS) is 13.1. The number of amides is 6. The molecule has 0 aromatic heterocycles. The van der Waals surface area contributed by atoms with Gasteiger partial charge in [0.1, 0.15) is 6.42 Å². The number of anilines is 2. The van der Waals surface area contributed by atoms with Crippen LogP contribution in [-0.2, 0) is 9.59 Å². The van der Waals surface area contributed by atoms with Crippen LogP contribution < -0.4 is 10.6 Å². The molecule has 26 heteroatoms. The topological polar surface area (TPSA) is 301 Å². The van der Waals surface area contributed by atoms with Crippen LogP contribution in [0.3, 0.4) is 0 Å². The zero-order valence-corrected chi connectivity index (χ0v) is 45.7. The molecule has 0 aliphatic heterocycles. The van der Waals surface area contributed by atoms with Crippen molar-refractivity contribution in [1.29, 1.82) is 0 Å². The lowest BCUT2D eigenvalue weighted by molar-refractivity contribution is -0.123. The number of aliphatic hydroxyl groups is 8. The third kappa shape index (κ3) is 14.7. The summed E-state index contributed by atoms with van der Waals surface area (Å²) in [5, 5.41) is 82.8. The number of aliphatic hydroxyl groups excluding tert-OH is 8. The summed E-state index contributed by atoms with van der Waals surface area (Å²) in [4.78, 5) is 87.2. The number of carbonyl (C=O) groups is 6. The van der Waals surface area contributed by atoms with Crippen molar-refractivity contribution in [3.05, 3.63) is 43.7 Å². The van der Waals surface area contributed by atoms with Crippen molar-refractivity contribution in [3.63, 3.8) is 0 Å². The van der Waals surface area contributed by atoms with E-state index in [4.69, 9.17) is 0 Å². The van der Waals surface area contributed by atoms with Crippen LogP contribution >= 0.6 is 136 Å². The average molecular weight is 1530 g/mol. The Labute approximate surface area is 432 Å². The van der Waals surface area contributed by atoms with Crippen LogP contribution in [0.2, 0.25) is 0 Å². The molecule has 4 atom stereocenters. The Bertz CT molecular complexity index is 1750. The molecule has 61 heavy (non-hydrogen) atoms. The first-order chi connectivity index (χ1) is 28.4. The van der Waals surface area contributed by atoms with Crippen LogP contribution in [0.15, 0.2) is 0 Å². The summed E-state index contributed by atoms with van der Waals surface area (Å²) in [6, 6.07) is 0. The van der Waals surface area contributed by atoms with Gasteiger partial charge in [0.05, 0.1) is 98.8 Å². The van der Waals surface area contributed by atoms with Gasteiger partial charge < -0.3 is 71.1 Å². The van der Waals surface area contributed by atoms with E-state index < -0.39 is 92.7 Å². The molecule has 6 amide bonds. The minimum Gasteiger partial charge on any atom is -0.394 e. The molecule has 0 saturated carbocycles. The molecule has 20 nitrogen and oxygen atoms in total. The first-order valence-electron chi connectivity index (χ1n) is 17.6. The van der Waals surface area contributed by atoms with Crippen molar-refractivity contribution in [2.75, 3.05) is 91.4 Å². The largest absolute Gasteiger partial charge is 0.394 e.